The second-order valence-corrected chi connectivity index (χ2v) is 7.20. The number of halogens is 1. The Kier molecular flexibility index (Phi) is 5.41. The zero-order valence-corrected chi connectivity index (χ0v) is 16.4. The van der Waals surface area contributed by atoms with Crippen LogP contribution in [0, 0.1) is 0 Å². The first-order valence-electron chi connectivity index (χ1n) is 8.44. The largest absolute Gasteiger partial charge is 0.451 e. The van der Waals surface area contributed by atoms with Gasteiger partial charge in [0.1, 0.15) is 17.5 Å². The van der Waals surface area contributed by atoms with Crippen molar-refractivity contribution < 1.29 is 14.3 Å². The summed E-state index contributed by atoms with van der Waals surface area (Å²) in [6.07, 6.45) is 6.54. The van der Waals surface area contributed by atoms with E-state index in [1.54, 1.807) is 23.6 Å². The third-order valence-corrected chi connectivity index (χ3v) is 5.06. The average molecular weight is 428 g/mol. The number of thiophene rings is 1. The van der Waals surface area contributed by atoms with Gasteiger partial charge in [0.05, 0.1) is 17.1 Å². The Morgan fingerprint density at radius 2 is 2.00 bits per heavy atom. The maximum absolute atomic E-state index is 12.4. The number of ether oxygens (including phenoxy) is 1. The van der Waals surface area contributed by atoms with Gasteiger partial charge in [0, 0.05) is 17.4 Å². The third kappa shape index (κ3) is 4.20. The van der Waals surface area contributed by atoms with Gasteiger partial charge in [0.15, 0.2) is 6.61 Å². The molecule has 0 saturated heterocycles. The van der Waals surface area contributed by atoms with Gasteiger partial charge in [-0.1, -0.05) is 11.6 Å². The minimum Gasteiger partial charge on any atom is -0.451 e. The van der Waals surface area contributed by atoms with Crippen LogP contribution >= 0.6 is 22.9 Å². The number of carbonyl (C=O) groups excluding carboxylic acids is 2. The van der Waals surface area contributed by atoms with E-state index in [-0.39, 0.29) is 0 Å². The van der Waals surface area contributed by atoms with E-state index in [0.717, 1.165) is 0 Å². The molecule has 29 heavy (non-hydrogen) atoms. The van der Waals surface area contributed by atoms with E-state index in [9.17, 15) is 9.59 Å². The van der Waals surface area contributed by atoms with Gasteiger partial charge < -0.3 is 14.6 Å². The summed E-state index contributed by atoms with van der Waals surface area (Å²) in [5.41, 5.74) is 1.71. The highest BCUT2D eigenvalue weighted by atomic mass is 35.5. The number of aromatic nitrogens is 4. The number of hydrogen-bond donors (Lipinski definition) is 1. The van der Waals surface area contributed by atoms with Crippen molar-refractivity contribution in [3.63, 3.8) is 0 Å². The summed E-state index contributed by atoms with van der Waals surface area (Å²) >= 11 is 7.29. The molecule has 0 aliphatic heterocycles. The molecule has 0 aliphatic rings. The van der Waals surface area contributed by atoms with Gasteiger partial charge >= 0.3 is 5.97 Å². The van der Waals surface area contributed by atoms with Crippen LogP contribution in [0.4, 0.5) is 5.69 Å². The summed E-state index contributed by atoms with van der Waals surface area (Å²) in [7, 11) is 0. The van der Waals surface area contributed by atoms with Crippen molar-refractivity contribution >= 4 is 40.5 Å². The number of nitrogens with one attached hydrogen (secondary N) is 1. The second kappa shape index (κ2) is 8.29. The van der Waals surface area contributed by atoms with Gasteiger partial charge in [0.2, 0.25) is 0 Å². The first-order chi connectivity index (χ1) is 14.1. The fourth-order valence-electron chi connectivity index (χ4n) is 2.68. The highest BCUT2D eigenvalue weighted by Crippen LogP contribution is 2.24. The Hall–Kier alpha value is -3.43. The lowest BCUT2D eigenvalue weighted by molar-refractivity contribution is -0.119. The standard InChI is InChI=1S/C19H14ClN5O3S/c20-13-3-4-15(25-12-21-11-22-25)14(9-13)23-17(26)10-28-19(27)18-16(5-8-29-18)24-6-1-2-7-24/h1-9,11-12H,10H2,(H,23,26). The molecule has 0 aliphatic carbocycles. The van der Waals surface area contributed by atoms with Crippen molar-refractivity contribution in [2.24, 2.45) is 0 Å². The summed E-state index contributed by atoms with van der Waals surface area (Å²) < 4.78 is 8.50. The van der Waals surface area contributed by atoms with E-state index < -0.39 is 18.5 Å². The zero-order chi connectivity index (χ0) is 20.2. The predicted octanol–water partition coefficient (Wildman–Crippen LogP) is 3.57. The Labute approximate surface area is 174 Å². The number of anilines is 1. The van der Waals surface area contributed by atoms with Gasteiger partial charge in [-0.05, 0) is 41.8 Å². The monoisotopic (exact) mass is 427 g/mol. The summed E-state index contributed by atoms with van der Waals surface area (Å²) in [5.74, 6) is -1.07. The Bertz CT molecular complexity index is 1140. The van der Waals surface area contributed by atoms with E-state index in [1.807, 2.05) is 35.2 Å². The lowest BCUT2D eigenvalue weighted by atomic mass is 10.2. The Morgan fingerprint density at radius 3 is 2.76 bits per heavy atom. The smallest absolute Gasteiger partial charge is 0.350 e. The van der Waals surface area contributed by atoms with Crippen LogP contribution in [-0.4, -0.2) is 37.8 Å². The van der Waals surface area contributed by atoms with Crippen molar-refractivity contribution in [1.82, 2.24) is 19.3 Å². The average Bonchev–Trinajstić information content (AvgIpc) is 3.48. The summed E-state index contributed by atoms with van der Waals surface area (Å²) in [5, 5.41) is 8.98. The van der Waals surface area contributed by atoms with Crippen LogP contribution in [0.1, 0.15) is 9.67 Å². The quantitative estimate of drug-likeness (QED) is 0.475. The number of amides is 1. The second-order valence-electron chi connectivity index (χ2n) is 5.85. The van der Waals surface area contributed by atoms with Gasteiger partial charge in [-0.3, -0.25) is 4.79 Å². The van der Waals surface area contributed by atoms with E-state index in [0.29, 0.717) is 27.0 Å². The van der Waals surface area contributed by atoms with Gasteiger partial charge in [-0.15, -0.1) is 11.3 Å². The molecule has 0 saturated carbocycles. The Balaban J connectivity index is 1.44. The molecule has 8 nitrogen and oxygen atoms in total. The normalized spacial score (nSPS) is 10.7. The minimum atomic E-state index is -0.568. The zero-order valence-electron chi connectivity index (χ0n) is 14.9. The van der Waals surface area contributed by atoms with Crippen molar-refractivity contribution in [3.8, 4) is 11.4 Å². The fraction of sp³-hybridized carbons (Fsp3) is 0.0526. The molecule has 0 unspecified atom stereocenters. The van der Waals surface area contributed by atoms with Gasteiger partial charge in [-0.2, -0.15) is 5.10 Å². The molecular weight excluding hydrogens is 414 g/mol. The third-order valence-electron chi connectivity index (χ3n) is 3.95. The molecule has 0 spiro atoms. The summed E-state index contributed by atoms with van der Waals surface area (Å²) in [4.78, 5) is 29.1. The number of carbonyl (C=O) groups is 2. The molecule has 3 heterocycles. The van der Waals surface area contributed by atoms with Gasteiger partial charge in [-0.25, -0.2) is 14.5 Å². The van der Waals surface area contributed by atoms with Crippen molar-refractivity contribution in [2.45, 2.75) is 0 Å². The van der Waals surface area contributed by atoms with Crippen molar-refractivity contribution in [2.75, 3.05) is 11.9 Å². The molecule has 3 aromatic heterocycles. The predicted molar refractivity (Wildman–Crippen MR) is 109 cm³/mol. The maximum Gasteiger partial charge on any atom is 0.350 e. The first kappa shape index (κ1) is 18.9. The number of rotatable bonds is 6. The maximum atomic E-state index is 12.4. The topological polar surface area (TPSA) is 91.0 Å². The van der Waals surface area contributed by atoms with Crippen LogP contribution in [0.5, 0.6) is 0 Å². The lowest BCUT2D eigenvalue weighted by Gasteiger charge is -2.12. The van der Waals surface area contributed by atoms with Crippen LogP contribution in [0.15, 0.2) is 66.8 Å². The van der Waals surface area contributed by atoms with Crippen molar-refractivity contribution in [3.05, 3.63) is 76.7 Å². The SMILES string of the molecule is O=C(COC(=O)c1sccc1-n1cccc1)Nc1cc(Cl)ccc1-n1cncn1. The minimum absolute atomic E-state index is 0.417. The number of benzene rings is 1. The molecule has 4 aromatic rings. The summed E-state index contributed by atoms with van der Waals surface area (Å²) in [6, 6.07) is 10.5. The molecular formula is C19H14ClN5O3S. The molecule has 10 heteroatoms. The van der Waals surface area contributed by atoms with Crippen LogP contribution < -0.4 is 5.32 Å². The number of nitrogens with zero attached hydrogens (tertiary/aromatic N) is 4. The molecule has 146 valence electrons. The number of esters is 1. The molecule has 1 N–H and O–H groups in total. The molecule has 0 bridgehead atoms. The van der Waals surface area contributed by atoms with E-state index >= 15 is 0 Å². The molecule has 0 fully saturated rings. The molecule has 4 rings (SSSR count). The van der Waals surface area contributed by atoms with Crippen molar-refractivity contribution in [1.29, 1.82) is 0 Å². The van der Waals surface area contributed by atoms with Crippen LogP contribution in [0.2, 0.25) is 5.02 Å². The van der Waals surface area contributed by atoms with E-state index in [2.05, 4.69) is 15.4 Å². The van der Waals surface area contributed by atoms with Crippen LogP contribution in [0.3, 0.4) is 0 Å². The van der Waals surface area contributed by atoms with Crippen LogP contribution in [0.25, 0.3) is 11.4 Å². The van der Waals surface area contributed by atoms with E-state index in [4.69, 9.17) is 16.3 Å². The highest BCUT2D eigenvalue weighted by Gasteiger charge is 2.18. The molecule has 0 radical (unpaired) electrons. The molecule has 1 amide bonds. The number of hydrogen-bond acceptors (Lipinski definition) is 6. The first-order valence-corrected chi connectivity index (χ1v) is 9.70. The molecule has 1 aromatic carbocycles. The highest BCUT2D eigenvalue weighted by molar-refractivity contribution is 7.12. The fourth-order valence-corrected chi connectivity index (χ4v) is 3.63. The lowest BCUT2D eigenvalue weighted by Crippen LogP contribution is -2.22. The van der Waals surface area contributed by atoms with Crippen LogP contribution in [-0.2, 0) is 9.53 Å². The summed E-state index contributed by atoms with van der Waals surface area (Å²) in [6.45, 7) is -0.439. The van der Waals surface area contributed by atoms with E-state index in [1.165, 1.54) is 28.7 Å². The van der Waals surface area contributed by atoms with Gasteiger partial charge in [0.25, 0.3) is 5.91 Å². The molecule has 0 atom stereocenters. The Morgan fingerprint density at radius 1 is 1.17 bits per heavy atom.